The summed E-state index contributed by atoms with van der Waals surface area (Å²) in [6.07, 6.45) is 1.31. The van der Waals surface area contributed by atoms with Crippen molar-refractivity contribution in [2.45, 2.75) is 39.3 Å². The molecule has 1 N–H and O–H groups in total. The molecule has 3 nitrogen and oxygen atoms in total. The Morgan fingerprint density at radius 1 is 1.07 bits per heavy atom. The standard InChI is InChI=1S/C12H27N3/c1-11(2)15-7-5-6-14(8-9-15)10-12(3)13-4/h11-13H,5-10H2,1-4H3. The van der Waals surface area contributed by atoms with Crippen LogP contribution in [0.1, 0.15) is 27.2 Å². The summed E-state index contributed by atoms with van der Waals surface area (Å²) >= 11 is 0. The summed E-state index contributed by atoms with van der Waals surface area (Å²) in [4.78, 5) is 5.17. The van der Waals surface area contributed by atoms with Crippen LogP contribution >= 0.6 is 0 Å². The molecule has 0 aromatic heterocycles. The van der Waals surface area contributed by atoms with Gasteiger partial charge in [0.05, 0.1) is 0 Å². The fourth-order valence-corrected chi connectivity index (χ4v) is 2.17. The Balaban J connectivity index is 2.32. The molecular formula is C12H27N3. The van der Waals surface area contributed by atoms with Gasteiger partial charge < -0.3 is 10.2 Å². The fraction of sp³-hybridized carbons (Fsp3) is 1.00. The van der Waals surface area contributed by atoms with E-state index in [1.54, 1.807) is 0 Å². The average Bonchev–Trinajstić information content (AvgIpc) is 2.43. The van der Waals surface area contributed by atoms with E-state index in [1.807, 2.05) is 7.05 Å². The molecule has 1 aliphatic heterocycles. The highest BCUT2D eigenvalue weighted by Crippen LogP contribution is 2.06. The summed E-state index contributed by atoms with van der Waals surface area (Å²) in [6.45, 7) is 13.0. The Morgan fingerprint density at radius 3 is 2.40 bits per heavy atom. The highest BCUT2D eigenvalue weighted by molar-refractivity contribution is 4.74. The van der Waals surface area contributed by atoms with Crippen LogP contribution in [0.25, 0.3) is 0 Å². The molecule has 1 atom stereocenters. The highest BCUT2D eigenvalue weighted by atomic mass is 15.2. The van der Waals surface area contributed by atoms with E-state index in [4.69, 9.17) is 0 Å². The van der Waals surface area contributed by atoms with E-state index in [2.05, 4.69) is 35.9 Å². The number of hydrogen-bond donors (Lipinski definition) is 1. The third-order valence-corrected chi connectivity index (χ3v) is 3.38. The van der Waals surface area contributed by atoms with E-state index in [-0.39, 0.29) is 0 Å². The second-order valence-corrected chi connectivity index (χ2v) is 4.97. The van der Waals surface area contributed by atoms with Crippen molar-refractivity contribution in [3.05, 3.63) is 0 Å². The largest absolute Gasteiger partial charge is 0.316 e. The van der Waals surface area contributed by atoms with Crippen molar-refractivity contribution in [1.29, 1.82) is 0 Å². The van der Waals surface area contributed by atoms with Crippen LogP contribution in [0.2, 0.25) is 0 Å². The van der Waals surface area contributed by atoms with Crippen LogP contribution in [-0.4, -0.2) is 61.7 Å². The molecule has 0 radical (unpaired) electrons. The van der Waals surface area contributed by atoms with Gasteiger partial charge in [-0.05, 0) is 47.3 Å². The second kappa shape index (κ2) is 6.46. The van der Waals surface area contributed by atoms with Gasteiger partial charge in [0.1, 0.15) is 0 Å². The molecule has 0 aromatic carbocycles. The normalized spacial score (nSPS) is 23.0. The monoisotopic (exact) mass is 213 g/mol. The van der Waals surface area contributed by atoms with Gasteiger partial charge in [-0.2, -0.15) is 0 Å². The van der Waals surface area contributed by atoms with Gasteiger partial charge in [-0.25, -0.2) is 0 Å². The maximum atomic E-state index is 3.31. The van der Waals surface area contributed by atoms with Gasteiger partial charge in [0.2, 0.25) is 0 Å². The summed E-state index contributed by atoms with van der Waals surface area (Å²) in [7, 11) is 2.04. The average molecular weight is 213 g/mol. The Morgan fingerprint density at radius 2 is 1.80 bits per heavy atom. The first kappa shape index (κ1) is 12.9. The lowest BCUT2D eigenvalue weighted by Gasteiger charge is -2.26. The van der Waals surface area contributed by atoms with E-state index in [9.17, 15) is 0 Å². The van der Waals surface area contributed by atoms with Crippen molar-refractivity contribution in [2.24, 2.45) is 0 Å². The minimum atomic E-state index is 0.607. The van der Waals surface area contributed by atoms with Crippen LogP contribution in [0, 0.1) is 0 Å². The molecule has 0 aromatic rings. The number of rotatable bonds is 4. The molecular weight excluding hydrogens is 186 g/mol. The van der Waals surface area contributed by atoms with Crippen molar-refractivity contribution in [1.82, 2.24) is 15.1 Å². The predicted molar refractivity (Wildman–Crippen MR) is 66.3 cm³/mol. The van der Waals surface area contributed by atoms with Gasteiger partial charge in [-0.1, -0.05) is 0 Å². The van der Waals surface area contributed by atoms with E-state index in [0.29, 0.717) is 12.1 Å². The molecule has 15 heavy (non-hydrogen) atoms. The molecule has 0 bridgehead atoms. The van der Waals surface area contributed by atoms with Gasteiger partial charge in [-0.15, -0.1) is 0 Å². The maximum Gasteiger partial charge on any atom is 0.0163 e. The molecule has 0 saturated carbocycles. The number of nitrogens with zero attached hydrogens (tertiary/aromatic N) is 2. The van der Waals surface area contributed by atoms with Crippen LogP contribution < -0.4 is 5.32 Å². The smallest absolute Gasteiger partial charge is 0.0163 e. The summed E-state index contributed by atoms with van der Waals surface area (Å²) in [5, 5.41) is 3.31. The third-order valence-electron chi connectivity index (χ3n) is 3.38. The lowest BCUT2D eigenvalue weighted by Crippen LogP contribution is -2.40. The Labute approximate surface area is 94.8 Å². The molecule has 1 unspecified atom stereocenters. The SMILES string of the molecule is CNC(C)CN1CCCN(C(C)C)CC1. The van der Waals surface area contributed by atoms with Crippen molar-refractivity contribution in [3.63, 3.8) is 0 Å². The third kappa shape index (κ3) is 4.49. The van der Waals surface area contributed by atoms with Crippen LogP contribution in [0.15, 0.2) is 0 Å². The topological polar surface area (TPSA) is 18.5 Å². The first-order chi connectivity index (χ1) is 7.13. The summed E-state index contributed by atoms with van der Waals surface area (Å²) < 4.78 is 0. The Hall–Kier alpha value is -0.120. The zero-order chi connectivity index (χ0) is 11.3. The van der Waals surface area contributed by atoms with Crippen molar-refractivity contribution >= 4 is 0 Å². The van der Waals surface area contributed by atoms with Gasteiger partial charge in [0, 0.05) is 31.7 Å². The summed E-state index contributed by atoms with van der Waals surface area (Å²) in [5.74, 6) is 0. The van der Waals surface area contributed by atoms with E-state index in [0.717, 1.165) is 0 Å². The zero-order valence-electron chi connectivity index (χ0n) is 10.8. The highest BCUT2D eigenvalue weighted by Gasteiger charge is 2.17. The van der Waals surface area contributed by atoms with Crippen molar-refractivity contribution in [3.8, 4) is 0 Å². The lowest BCUT2D eigenvalue weighted by atomic mass is 10.3. The molecule has 90 valence electrons. The quantitative estimate of drug-likeness (QED) is 0.752. The summed E-state index contributed by atoms with van der Waals surface area (Å²) in [5.41, 5.74) is 0. The zero-order valence-corrected chi connectivity index (χ0v) is 10.8. The van der Waals surface area contributed by atoms with Gasteiger partial charge in [0.25, 0.3) is 0 Å². The van der Waals surface area contributed by atoms with Gasteiger partial charge >= 0.3 is 0 Å². The molecule has 0 amide bonds. The first-order valence-corrected chi connectivity index (χ1v) is 6.27. The Kier molecular flexibility index (Phi) is 5.58. The van der Waals surface area contributed by atoms with Crippen LogP contribution in [0.3, 0.4) is 0 Å². The van der Waals surface area contributed by atoms with Gasteiger partial charge in [-0.3, -0.25) is 4.90 Å². The molecule has 1 aliphatic rings. The minimum absolute atomic E-state index is 0.607. The molecule has 3 heteroatoms. The molecule has 1 fully saturated rings. The Bertz CT molecular complexity index is 170. The number of nitrogens with one attached hydrogen (secondary N) is 1. The summed E-state index contributed by atoms with van der Waals surface area (Å²) in [6, 6.07) is 1.31. The predicted octanol–water partition coefficient (Wildman–Crippen LogP) is 1.01. The first-order valence-electron chi connectivity index (χ1n) is 6.27. The number of hydrogen-bond acceptors (Lipinski definition) is 3. The van der Waals surface area contributed by atoms with Crippen molar-refractivity contribution < 1.29 is 0 Å². The fourth-order valence-electron chi connectivity index (χ4n) is 2.17. The van der Waals surface area contributed by atoms with Crippen LogP contribution in [-0.2, 0) is 0 Å². The van der Waals surface area contributed by atoms with Gasteiger partial charge in [0.15, 0.2) is 0 Å². The van der Waals surface area contributed by atoms with Crippen LogP contribution in [0.5, 0.6) is 0 Å². The number of likely N-dealkylation sites (N-methyl/N-ethyl adjacent to an activating group) is 1. The maximum absolute atomic E-state index is 3.31. The molecule has 0 spiro atoms. The molecule has 1 rings (SSSR count). The minimum Gasteiger partial charge on any atom is -0.316 e. The van der Waals surface area contributed by atoms with Crippen LogP contribution in [0.4, 0.5) is 0 Å². The van der Waals surface area contributed by atoms with Crippen molar-refractivity contribution in [2.75, 3.05) is 39.8 Å². The lowest BCUT2D eigenvalue weighted by molar-refractivity contribution is 0.215. The molecule has 1 saturated heterocycles. The molecule has 1 heterocycles. The van der Waals surface area contributed by atoms with E-state index >= 15 is 0 Å². The second-order valence-electron chi connectivity index (χ2n) is 4.97. The van der Waals surface area contributed by atoms with E-state index in [1.165, 1.54) is 39.1 Å². The molecule has 0 aliphatic carbocycles. The van der Waals surface area contributed by atoms with E-state index < -0.39 is 0 Å².